The van der Waals surface area contributed by atoms with Crippen molar-refractivity contribution >= 4 is 0 Å². The number of fused-ring (bicyclic) bond motifs is 2. The standard InChI is InChI=1S/C8H14N/c1-7-8-3-2-5-9(7)6-4-8/h2,7-8H,3-6H2,1H3. The van der Waals surface area contributed by atoms with E-state index in [1.807, 2.05) is 0 Å². The van der Waals surface area contributed by atoms with E-state index in [0.29, 0.717) is 0 Å². The van der Waals surface area contributed by atoms with E-state index in [-0.39, 0.29) is 0 Å². The van der Waals surface area contributed by atoms with Crippen LogP contribution < -0.4 is 0 Å². The zero-order valence-electron chi connectivity index (χ0n) is 6.01. The summed E-state index contributed by atoms with van der Waals surface area (Å²) in [6, 6.07) is 0.884. The first-order chi connectivity index (χ1) is 4.38. The summed E-state index contributed by atoms with van der Waals surface area (Å²) in [7, 11) is 0. The van der Waals surface area contributed by atoms with E-state index in [9.17, 15) is 0 Å². The lowest BCUT2D eigenvalue weighted by Gasteiger charge is -2.29. The van der Waals surface area contributed by atoms with Gasteiger partial charge in [-0.15, -0.1) is 0 Å². The second-order valence-electron chi connectivity index (χ2n) is 3.31. The number of rotatable bonds is 0. The molecule has 2 bridgehead atoms. The topological polar surface area (TPSA) is 3.24 Å². The van der Waals surface area contributed by atoms with Crippen molar-refractivity contribution in [2.75, 3.05) is 13.1 Å². The number of hydrogen-bond donors (Lipinski definition) is 0. The Kier molecular flexibility index (Phi) is 1.26. The maximum Gasteiger partial charge on any atom is 0.00958 e. The highest BCUT2D eigenvalue weighted by Gasteiger charge is 2.33. The summed E-state index contributed by atoms with van der Waals surface area (Å²) < 4.78 is 0. The minimum Gasteiger partial charge on any atom is -0.300 e. The van der Waals surface area contributed by atoms with Gasteiger partial charge in [0.05, 0.1) is 0 Å². The molecule has 2 heterocycles. The molecule has 2 unspecified atom stereocenters. The molecule has 9 heavy (non-hydrogen) atoms. The van der Waals surface area contributed by atoms with E-state index in [4.69, 9.17) is 0 Å². The average molecular weight is 124 g/mol. The molecule has 2 fully saturated rings. The summed E-state index contributed by atoms with van der Waals surface area (Å²) >= 11 is 0. The highest BCUT2D eigenvalue weighted by molar-refractivity contribution is 4.94. The summed E-state index contributed by atoms with van der Waals surface area (Å²) in [5.74, 6) is 0.999. The molecule has 1 heteroatoms. The van der Waals surface area contributed by atoms with Crippen molar-refractivity contribution in [3.8, 4) is 0 Å². The predicted octanol–water partition coefficient (Wildman–Crippen LogP) is 1.30. The Bertz CT molecular complexity index is 95.1. The van der Waals surface area contributed by atoms with Crippen LogP contribution in [-0.2, 0) is 0 Å². The minimum absolute atomic E-state index is 0.884. The van der Waals surface area contributed by atoms with Crippen LogP contribution in [0.4, 0.5) is 0 Å². The lowest BCUT2D eigenvalue weighted by atomic mass is 9.94. The molecular weight excluding hydrogens is 110 g/mol. The van der Waals surface area contributed by atoms with Gasteiger partial charge in [0.15, 0.2) is 0 Å². The first kappa shape index (κ1) is 5.72. The third-order valence-electron chi connectivity index (χ3n) is 2.88. The molecule has 51 valence electrons. The molecule has 0 aromatic rings. The van der Waals surface area contributed by atoms with E-state index in [0.717, 1.165) is 12.0 Å². The van der Waals surface area contributed by atoms with Crippen LogP contribution in [0.25, 0.3) is 0 Å². The highest BCUT2D eigenvalue weighted by atomic mass is 15.2. The first-order valence-corrected chi connectivity index (χ1v) is 3.93. The molecule has 2 saturated heterocycles. The number of nitrogens with zero attached hydrogens (tertiary/aromatic N) is 1. The summed E-state index contributed by atoms with van der Waals surface area (Å²) in [5.41, 5.74) is 0. The molecule has 0 N–H and O–H groups in total. The van der Waals surface area contributed by atoms with E-state index in [2.05, 4.69) is 18.2 Å². The number of piperidine rings is 1. The Morgan fingerprint density at radius 3 is 3.11 bits per heavy atom. The monoisotopic (exact) mass is 124 g/mol. The first-order valence-electron chi connectivity index (χ1n) is 3.93. The van der Waals surface area contributed by atoms with Gasteiger partial charge in [0.2, 0.25) is 0 Å². The van der Waals surface area contributed by atoms with Crippen molar-refractivity contribution in [2.45, 2.75) is 25.8 Å². The Balaban J connectivity index is 2.10. The minimum atomic E-state index is 0.884. The predicted molar refractivity (Wildman–Crippen MR) is 38.1 cm³/mol. The zero-order valence-corrected chi connectivity index (χ0v) is 6.01. The van der Waals surface area contributed by atoms with Crippen molar-refractivity contribution in [1.82, 2.24) is 4.90 Å². The van der Waals surface area contributed by atoms with Crippen LogP contribution in [0.1, 0.15) is 19.8 Å². The van der Waals surface area contributed by atoms with E-state index in [1.165, 1.54) is 25.9 Å². The summed E-state index contributed by atoms with van der Waals surface area (Å²) in [6.07, 6.45) is 5.24. The highest BCUT2D eigenvalue weighted by Crippen LogP contribution is 2.31. The smallest absolute Gasteiger partial charge is 0.00958 e. The lowest BCUT2D eigenvalue weighted by Crippen LogP contribution is -2.35. The average Bonchev–Trinajstić information content (AvgIpc) is 2.19. The van der Waals surface area contributed by atoms with Gasteiger partial charge in [0, 0.05) is 12.6 Å². The third kappa shape index (κ3) is 0.787. The molecule has 0 aromatic heterocycles. The molecular formula is C8H14N. The van der Waals surface area contributed by atoms with Gasteiger partial charge in [-0.3, -0.25) is 0 Å². The molecule has 0 amide bonds. The Hall–Kier alpha value is -0.0400. The van der Waals surface area contributed by atoms with E-state index in [1.54, 1.807) is 0 Å². The fraction of sp³-hybridized carbons (Fsp3) is 0.875. The molecule has 1 radical (unpaired) electrons. The van der Waals surface area contributed by atoms with Gasteiger partial charge in [0.25, 0.3) is 0 Å². The van der Waals surface area contributed by atoms with Crippen LogP contribution in [0.3, 0.4) is 0 Å². The van der Waals surface area contributed by atoms with Gasteiger partial charge in [-0.05, 0) is 38.6 Å². The second-order valence-corrected chi connectivity index (χ2v) is 3.31. The number of hydrogen-bond acceptors (Lipinski definition) is 1. The van der Waals surface area contributed by atoms with Gasteiger partial charge in [-0.25, -0.2) is 0 Å². The molecule has 0 saturated carbocycles. The third-order valence-corrected chi connectivity index (χ3v) is 2.88. The van der Waals surface area contributed by atoms with Gasteiger partial charge in [0.1, 0.15) is 0 Å². The quantitative estimate of drug-likeness (QED) is 0.470. The van der Waals surface area contributed by atoms with Crippen LogP contribution in [0.5, 0.6) is 0 Å². The van der Waals surface area contributed by atoms with E-state index < -0.39 is 0 Å². The molecule has 0 aromatic carbocycles. The molecule has 1 nitrogen and oxygen atoms in total. The van der Waals surface area contributed by atoms with Crippen LogP contribution in [-0.4, -0.2) is 24.0 Å². The Morgan fingerprint density at radius 1 is 1.56 bits per heavy atom. The Morgan fingerprint density at radius 2 is 2.44 bits per heavy atom. The normalized spacial score (nSPS) is 49.7. The van der Waals surface area contributed by atoms with E-state index >= 15 is 0 Å². The second kappa shape index (κ2) is 1.98. The molecule has 2 rings (SSSR count). The van der Waals surface area contributed by atoms with Gasteiger partial charge in [-0.1, -0.05) is 0 Å². The van der Waals surface area contributed by atoms with Crippen LogP contribution in [0, 0.1) is 12.3 Å². The van der Waals surface area contributed by atoms with Crippen LogP contribution >= 0.6 is 0 Å². The van der Waals surface area contributed by atoms with Crippen LogP contribution in [0.15, 0.2) is 0 Å². The fourth-order valence-electron chi connectivity index (χ4n) is 2.10. The summed E-state index contributed by atoms with van der Waals surface area (Å²) in [6.45, 7) is 4.96. The van der Waals surface area contributed by atoms with Gasteiger partial charge < -0.3 is 4.90 Å². The molecule has 2 aliphatic rings. The molecule has 2 aliphatic heterocycles. The van der Waals surface area contributed by atoms with Gasteiger partial charge >= 0.3 is 0 Å². The van der Waals surface area contributed by atoms with Crippen LogP contribution in [0.2, 0.25) is 0 Å². The summed E-state index contributed by atoms with van der Waals surface area (Å²) in [4.78, 5) is 2.58. The SMILES string of the molecule is CC1C2C[CH]C[N@@]1CC2. The molecule has 0 aliphatic carbocycles. The molecule has 0 spiro atoms. The Labute approximate surface area is 57.0 Å². The maximum atomic E-state index is 2.58. The lowest BCUT2D eigenvalue weighted by molar-refractivity contribution is 0.225. The van der Waals surface area contributed by atoms with Gasteiger partial charge in [-0.2, -0.15) is 0 Å². The maximum absolute atomic E-state index is 2.58. The fourth-order valence-corrected chi connectivity index (χ4v) is 2.10. The largest absolute Gasteiger partial charge is 0.300 e. The van der Waals surface area contributed by atoms with Crippen molar-refractivity contribution in [1.29, 1.82) is 0 Å². The summed E-state index contributed by atoms with van der Waals surface area (Å²) in [5, 5.41) is 0. The van der Waals surface area contributed by atoms with Crippen molar-refractivity contribution in [3.63, 3.8) is 0 Å². The van der Waals surface area contributed by atoms with Crippen molar-refractivity contribution < 1.29 is 0 Å². The zero-order chi connectivity index (χ0) is 6.27. The molecule has 3 atom stereocenters. The van der Waals surface area contributed by atoms with Crippen molar-refractivity contribution in [2.24, 2.45) is 5.92 Å². The van der Waals surface area contributed by atoms with Crippen molar-refractivity contribution in [3.05, 3.63) is 6.42 Å².